The molecular weight excluding hydrogens is 641 g/mol. The normalized spacial score (nSPS) is 14.2. The number of benzene rings is 8. The van der Waals surface area contributed by atoms with Gasteiger partial charge in [0, 0.05) is 38.3 Å². The highest BCUT2D eigenvalue weighted by atomic mass is 15.0. The standard InChI is InChI=1S/C51H36N2/c1-51(2)43-21-11-8-19-38(43)47-41-28-33-26-31-14-6-7-15-32(31)27-34(33)29-42(41)48-39-20-10-13-23-45(39)53(50(48)49(47)51)36-24-25-46-40(30-36)37-18-9-12-22-44(37)52(46)35-16-4-3-5-17-35/h3-25,28-30H,26-27H2,1-2H3. The highest BCUT2D eigenvalue weighted by Gasteiger charge is 2.40. The van der Waals surface area contributed by atoms with Gasteiger partial charge in [0.25, 0.3) is 0 Å². The molecule has 2 aliphatic carbocycles. The van der Waals surface area contributed by atoms with Crippen LogP contribution < -0.4 is 0 Å². The van der Waals surface area contributed by atoms with Crippen LogP contribution in [0.25, 0.3) is 76.9 Å². The summed E-state index contributed by atoms with van der Waals surface area (Å²) in [5.41, 5.74) is 18.6. The van der Waals surface area contributed by atoms with E-state index in [0.29, 0.717) is 0 Å². The van der Waals surface area contributed by atoms with Crippen LogP contribution in [-0.2, 0) is 18.3 Å². The Morgan fingerprint density at radius 3 is 1.81 bits per heavy atom. The first kappa shape index (κ1) is 29.2. The second kappa shape index (κ2) is 10.4. The van der Waals surface area contributed by atoms with Crippen LogP contribution in [0.15, 0.2) is 158 Å². The molecule has 0 amide bonds. The Balaban J connectivity index is 1.24. The lowest BCUT2D eigenvalue weighted by atomic mass is 9.79. The number of aromatic nitrogens is 2. The first-order valence-electron chi connectivity index (χ1n) is 18.9. The first-order chi connectivity index (χ1) is 26.1. The van der Waals surface area contributed by atoms with Crippen molar-refractivity contribution in [3.8, 4) is 22.5 Å². The molecule has 0 fully saturated rings. The molecule has 0 atom stereocenters. The van der Waals surface area contributed by atoms with Gasteiger partial charge in [-0.1, -0.05) is 117 Å². The molecule has 0 N–H and O–H groups in total. The fourth-order valence-corrected chi connectivity index (χ4v) is 10.2. The lowest BCUT2D eigenvalue weighted by Gasteiger charge is -2.25. The zero-order chi connectivity index (χ0) is 35.0. The molecule has 0 aliphatic heterocycles. The smallest absolute Gasteiger partial charge is 0.0594 e. The summed E-state index contributed by atoms with van der Waals surface area (Å²) in [4.78, 5) is 0. The van der Waals surface area contributed by atoms with E-state index in [9.17, 15) is 0 Å². The van der Waals surface area contributed by atoms with E-state index in [0.717, 1.165) is 12.8 Å². The molecule has 0 saturated carbocycles. The molecule has 0 radical (unpaired) electrons. The Kier molecular flexibility index (Phi) is 5.71. The number of rotatable bonds is 2. The van der Waals surface area contributed by atoms with Gasteiger partial charge in [0.2, 0.25) is 0 Å². The second-order valence-electron chi connectivity index (χ2n) is 15.7. The van der Waals surface area contributed by atoms with Crippen molar-refractivity contribution in [1.29, 1.82) is 0 Å². The van der Waals surface area contributed by atoms with Gasteiger partial charge in [0.1, 0.15) is 0 Å². The van der Waals surface area contributed by atoms with Crippen molar-refractivity contribution >= 4 is 54.4 Å². The molecule has 2 heteroatoms. The predicted molar refractivity (Wildman–Crippen MR) is 222 cm³/mol. The van der Waals surface area contributed by atoms with Crippen LogP contribution in [0.4, 0.5) is 0 Å². The average Bonchev–Trinajstić information content (AvgIpc) is 3.80. The number of hydrogen-bond donors (Lipinski definition) is 0. The van der Waals surface area contributed by atoms with Crippen molar-refractivity contribution in [1.82, 2.24) is 9.13 Å². The minimum absolute atomic E-state index is 0.194. The largest absolute Gasteiger partial charge is 0.309 e. The molecule has 12 rings (SSSR count). The summed E-state index contributed by atoms with van der Waals surface area (Å²) in [6.07, 6.45) is 1.96. The second-order valence-corrected chi connectivity index (χ2v) is 15.7. The van der Waals surface area contributed by atoms with E-state index < -0.39 is 0 Å². The lowest BCUT2D eigenvalue weighted by molar-refractivity contribution is 0.664. The third kappa shape index (κ3) is 3.83. The zero-order valence-corrected chi connectivity index (χ0v) is 29.8. The van der Waals surface area contributed by atoms with Gasteiger partial charge in [0.05, 0.1) is 22.1 Å². The molecule has 8 aromatic carbocycles. The highest BCUT2D eigenvalue weighted by molar-refractivity contribution is 6.27. The van der Waals surface area contributed by atoms with Gasteiger partial charge in [-0.25, -0.2) is 0 Å². The molecule has 0 spiro atoms. The van der Waals surface area contributed by atoms with Gasteiger partial charge in [0.15, 0.2) is 0 Å². The molecule has 0 unspecified atom stereocenters. The molecule has 250 valence electrons. The maximum Gasteiger partial charge on any atom is 0.0594 e. The van der Waals surface area contributed by atoms with Crippen LogP contribution in [0.5, 0.6) is 0 Å². The zero-order valence-electron chi connectivity index (χ0n) is 29.8. The summed E-state index contributed by atoms with van der Waals surface area (Å²) < 4.78 is 5.01. The average molecular weight is 677 g/mol. The molecule has 2 aromatic heterocycles. The fraction of sp³-hybridized carbons (Fsp3) is 0.0980. The van der Waals surface area contributed by atoms with E-state index in [-0.39, 0.29) is 5.41 Å². The number of para-hydroxylation sites is 3. The summed E-state index contributed by atoms with van der Waals surface area (Å²) in [7, 11) is 0. The fourth-order valence-electron chi connectivity index (χ4n) is 10.2. The summed E-state index contributed by atoms with van der Waals surface area (Å²) in [6.45, 7) is 4.88. The van der Waals surface area contributed by atoms with Crippen molar-refractivity contribution < 1.29 is 0 Å². The predicted octanol–water partition coefficient (Wildman–Crippen LogP) is 12.8. The maximum absolute atomic E-state index is 2.60. The van der Waals surface area contributed by atoms with Crippen molar-refractivity contribution in [2.45, 2.75) is 32.1 Å². The SMILES string of the molecule is CC1(C)c2ccccc2-c2c1c1c(c3cc4c(cc23)Cc2ccccc2C4)c2ccccc2n1-c1ccc2c(c1)c1ccccc1n2-c1ccccc1. The molecule has 53 heavy (non-hydrogen) atoms. The quantitative estimate of drug-likeness (QED) is 0.172. The Bertz CT molecular complexity index is 3190. The third-order valence-electron chi connectivity index (χ3n) is 12.5. The van der Waals surface area contributed by atoms with E-state index >= 15 is 0 Å². The van der Waals surface area contributed by atoms with Gasteiger partial charge in [-0.2, -0.15) is 0 Å². The highest BCUT2D eigenvalue weighted by Crippen LogP contribution is 2.57. The van der Waals surface area contributed by atoms with Gasteiger partial charge in [-0.05, 0) is 123 Å². The van der Waals surface area contributed by atoms with E-state index in [4.69, 9.17) is 0 Å². The Morgan fingerprint density at radius 1 is 0.434 bits per heavy atom. The summed E-state index contributed by atoms with van der Waals surface area (Å²) in [6, 6.07) is 59.1. The van der Waals surface area contributed by atoms with Gasteiger partial charge >= 0.3 is 0 Å². The number of fused-ring (bicyclic) bond motifs is 15. The molecule has 0 bridgehead atoms. The molecular formula is C51H36N2. The summed E-state index contributed by atoms with van der Waals surface area (Å²) in [5, 5.41) is 7.95. The molecule has 2 aliphatic rings. The minimum atomic E-state index is -0.194. The van der Waals surface area contributed by atoms with Crippen LogP contribution in [0.2, 0.25) is 0 Å². The van der Waals surface area contributed by atoms with Crippen LogP contribution in [0.1, 0.15) is 47.2 Å². The third-order valence-corrected chi connectivity index (χ3v) is 12.5. The number of nitrogens with zero attached hydrogens (tertiary/aromatic N) is 2. The first-order valence-corrected chi connectivity index (χ1v) is 18.9. The topological polar surface area (TPSA) is 9.86 Å². The van der Waals surface area contributed by atoms with Crippen molar-refractivity contribution in [3.63, 3.8) is 0 Å². The lowest BCUT2D eigenvalue weighted by Crippen LogP contribution is -2.16. The van der Waals surface area contributed by atoms with Gasteiger partial charge in [-0.3, -0.25) is 0 Å². The molecule has 0 saturated heterocycles. The Hall–Kier alpha value is -6.38. The van der Waals surface area contributed by atoms with Crippen LogP contribution in [0, 0.1) is 0 Å². The van der Waals surface area contributed by atoms with E-state index in [1.54, 1.807) is 0 Å². The monoisotopic (exact) mass is 676 g/mol. The molecule has 2 heterocycles. The Morgan fingerprint density at radius 2 is 1.04 bits per heavy atom. The Labute approximate surface area is 308 Å². The van der Waals surface area contributed by atoms with E-state index in [1.807, 2.05) is 0 Å². The maximum atomic E-state index is 2.60. The van der Waals surface area contributed by atoms with Gasteiger partial charge < -0.3 is 9.13 Å². The van der Waals surface area contributed by atoms with Crippen molar-refractivity contribution in [2.24, 2.45) is 0 Å². The molecule has 2 nitrogen and oxygen atoms in total. The minimum Gasteiger partial charge on any atom is -0.309 e. The van der Waals surface area contributed by atoms with Crippen molar-refractivity contribution in [3.05, 3.63) is 191 Å². The summed E-state index contributed by atoms with van der Waals surface area (Å²) >= 11 is 0. The van der Waals surface area contributed by atoms with E-state index in [1.165, 1.54) is 110 Å². The number of hydrogen-bond acceptors (Lipinski definition) is 0. The summed E-state index contributed by atoms with van der Waals surface area (Å²) in [5.74, 6) is 0. The van der Waals surface area contributed by atoms with Crippen LogP contribution in [-0.4, -0.2) is 9.13 Å². The molecule has 10 aromatic rings. The van der Waals surface area contributed by atoms with Crippen LogP contribution in [0.3, 0.4) is 0 Å². The van der Waals surface area contributed by atoms with Crippen molar-refractivity contribution in [2.75, 3.05) is 0 Å². The van der Waals surface area contributed by atoms with Crippen LogP contribution >= 0.6 is 0 Å². The van der Waals surface area contributed by atoms with Gasteiger partial charge in [-0.15, -0.1) is 0 Å². The van der Waals surface area contributed by atoms with E-state index in [2.05, 4.69) is 181 Å².